The highest BCUT2D eigenvalue weighted by Gasteiger charge is 2.25. The zero-order chi connectivity index (χ0) is 12.3. The van der Waals surface area contributed by atoms with Crippen LogP contribution in [0.4, 0.5) is 11.5 Å². The summed E-state index contributed by atoms with van der Waals surface area (Å²) in [6.45, 7) is 8.76. The molecule has 0 saturated carbocycles. The van der Waals surface area contributed by atoms with E-state index in [1.807, 2.05) is 6.20 Å². The molecule has 1 aliphatic heterocycles. The van der Waals surface area contributed by atoms with Crippen molar-refractivity contribution in [1.82, 2.24) is 4.98 Å². The third-order valence-corrected chi connectivity index (χ3v) is 4.65. The van der Waals surface area contributed by atoms with Crippen molar-refractivity contribution in [3.05, 3.63) is 18.3 Å². The molecule has 1 aliphatic rings. The molecule has 2 unspecified atom stereocenters. The Morgan fingerprint density at radius 2 is 2.35 bits per heavy atom. The topological polar surface area (TPSA) is 28.2 Å². The fraction of sp³-hybridized carbons (Fsp3) is 0.615. The second kappa shape index (κ2) is 5.63. The van der Waals surface area contributed by atoms with Crippen LogP contribution >= 0.6 is 11.8 Å². The minimum atomic E-state index is 0.589. The lowest BCUT2D eigenvalue weighted by Crippen LogP contribution is -2.44. The second-order valence-electron chi connectivity index (χ2n) is 4.44. The fourth-order valence-corrected chi connectivity index (χ4v) is 3.27. The Balaban J connectivity index is 2.17. The molecule has 2 heterocycles. The van der Waals surface area contributed by atoms with Gasteiger partial charge in [0.25, 0.3) is 0 Å². The highest BCUT2D eigenvalue weighted by molar-refractivity contribution is 8.00. The number of aromatic nitrogens is 1. The Labute approximate surface area is 108 Å². The summed E-state index contributed by atoms with van der Waals surface area (Å²) in [5.41, 5.74) is 1.29. The second-order valence-corrected chi connectivity index (χ2v) is 5.92. The molecule has 94 valence electrons. The minimum absolute atomic E-state index is 0.589. The largest absolute Gasteiger partial charge is 0.370 e. The van der Waals surface area contributed by atoms with Crippen LogP contribution in [0, 0.1) is 0 Å². The smallest absolute Gasteiger partial charge is 0.127 e. The monoisotopic (exact) mass is 251 g/mol. The molecule has 1 fully saturated rings. The summed E-state index contributed by atoms with van der Waals surface area (Å²) >= 11 is 2.07. The molecule has 0 aliphatic carbocycles. The van der Waals surface area contributed by atoms with Gasteiger partial charge in [-0.05, 0) is 19.9 Å². The van der Waals surface area contributed by atoms with E-state index in [-0.39, 0.29) is 0 Å². The third kappa shape index (κ3) is 2.86. The summed E-state index contributed by atoms with van der Waals surface area (Å²) in [5.74, 6) is 2.19. The molecule has 1 N–H and O–H groups in total. The van der Waals surface area contributed by atoms with Crippen LogP contribution in [-0.4, -0.2) is 35.1 Å². The Morgan fingerprint density at radius 1 is 1.53 bits per heavy atom. The first kappa shape index (κ1) is 12.6. The van der Waals surface area contributed by atoms with E-state index in [4.69, 9.17) is 0 Å². The molecule has 4 heteroatoms. The van der Waals surface area contributed by atoms with E-state index in [1.165, 1.54) is 11.4 Å². The SMILES string of the molecule is CCNc1cc(N2CCSC(C)C2C)ccn1. The molecule has 3 nitrogen and oxygen atoms in total. The number of hydrogen-bond acceptors (Lipinski definition) is 4. The number of hydrogen-bond donors (Lipinski definition) is 1. The summed E-state index contributed by atoms with van der Waals surface area (Å²) in [5, 5.41) is 3.96. The summed E-state index contributed by atoms with van der Waals surface area (Å²) in [6.07, 6.45) is 1.90. The van der Waals surface area contributed by atoms with Crippen LogP contribution < -0.4 is 10.2 Å². The van der Waals surface area contributed by atoms with Gasteiger partial charge in [-0.15, -0.1) is 0 Å². The Kier molecular flexibility index (Phi) is 4.15. The van der Waals surface area contributed by atoms with Crippen LogP contribution in [0.3, 0.4) is 0 Å². The van der Waals surface area contributed by atoms with Gasteiger partial charge in [-0.25, -0.2) is 4.98 Å². The van der Waals surface area contributed by atoms with Gasteiger partial charge in [0.05, 0.1) is 0 Å². The Morgan fingerprint density at radius 3 is 3.12 bits per heavy atom. The normalized spacial score (nSPS) is 24.8. The summed E-state index contributed by atoms with van der Waals surface area (Å²) in [4.78, 5) is 6.81. The highest BCUT2D eigenvalue weighted by Crippen LogP contribution is 2.29. The van der Waals surface area contributed by atoms with Gasteiger partial charge in [0.15, 0.2) is 0 Å². The summed E-state index contributed by atoms with van der Waals surface area (Å²) in [6, 6.07) is 4.86. The van der Waals surface area contributed by atoms with Gasteiger partial charge >= 0.3 is 0 Å². The molecule has 0 spiro atoms. The van der Waals surface area contributed by atoms with Gasteiger partial charge in [-0.2, -0.15) is 11.8 Å². The average Bonchev–Trinajstić information content (AvgIpc) is 2.33. The Hall–Kier alpha value is -0.900. The molecule has 0 aromatic carbocycles. The quantitative estimate of drug-likeness (QED) is 0.894. The van der Waals surface area contributed by atoms with Gasteiger partial charge in [0.1, 0.15) is 5.82 Å². The number of rotatable bonds is 3. The van der Waals surface area contributed by atoms with Crippen LogP contribution in [0.5, 0.6) is 0 Å². The Bertz CT molecular complexity index is 369. The first-order valence-corrected chi connectivity index (χ1v) is 7.35. The van der Waals surface area contributed by atoms with Crippen molar-refractivity contribution in [3.8, 4) is 0 Å². The molecule has 2 rings (SSSR count). The van der Waals surface area contributed by atoms with E-state index in [9.17, 15) is 0 Å². The number of pyridine rings is 1. The lowest BCUT2D eigenvalue weighted by molar-refractivity contribution is 0.627. The zero-order valence-electron chi connectivity index (χ0n) is 10.8. The molecule has 1 saturated heterocycles. The number of thioether (sulfide) groups is 1. The standard InChI is InChI=1S/C13H21N3S/c1-4-14-13-9-12(5-6-15-13)16-7-8-17-11(3)10(16)2/h5-6,9-11H,4,7-8H2,1-3H3,(H,14,15). The van der Waals surface area contributed by atoms with Crippen molar-refractivity contribution in [2.75, 3.05) is 29.1 Å². The molecule has 0 radical (unpaired) electrons. The predicted octanol–water partition coefficient (Wildman–Crippen LogP) is 2.84. The first-order valence-electron chi connectivity index (χ1n) is 6.30. The summed E-state index contributed by atoms with van der Waals surface area (Å²) in [7, 11) is 0. The third-order valence-electron chi connectivity index (χ3n) is 3.32. The molecule has 1 aromatic rings. The lowest BCUT2D eigenvalue weighted by Gasteiger charge is -2.39. The zero-order valence-corrected chi connectivity index (χ0v) is 11.6. The number of anilines is 2. The predicted molar refractivity (Wildman–Crippen MR) is 77.1 cm³/mol. The van der Waals surface area contributed by atoms with E-state index in [1.54, 1.807) is 0 Å². The molecule has 17 heavy (non-hydrogen) atoms. The average molecular weight is 251 g/mol. The van der Waals surface area contributed by atoms with E-state index in [0.717, 1.165) is 18.9 Å². The van der Waals surface area contributed by atoms with Gasteiger partial charge in [0.2, 0.25) is 0 Å². The maximum absolute atomic E-state index is 4.33. The molecule has 0 bridgehead atoms. The van der Waals surface area contributed by atoms with Crippen LogP contribution in [0.15, 0.2) is 18.3 Å². The fourth-order valence-electron chi connectivity index (χ4n) is 2.17. The molecule has 2 atom stereocenters. The van der Waals surface area contributed by atoms with Crippen LogP contribution in [0.2, 0.25) is 0 Å². The van der Waals surface area contributed by atoms with E-state index in [0.29, 0.717) is 11.3 Å². The summed E-state index contributed by atoms with van der Waals surface area (Å²) < 4.78 is 0. The van der Waals surface area contributed by atoms with Gasteiger partial charge in [-0.1, -0.05) is 6.92 Å². The van der Waals surface area contributed by atoms with E-state index in [2.05, 4.69) is 59.9 Å². The van der Waals surface area contributed by atoms with Gasteiger partial charge in [0, 0.05) is 48.1 Å². The van der Waals surface area contributed by atoms with Gasteiger partial charge in [-0.3, -0.25) is 0 Å². The highest BCUT2D eigenvalue weighted by atomic mass is 32.2. The molecule has 0 amide bonds. The first-order chi connectivity index (χ1) is 8.22. The minimum Gasteiger partial charge on any atom is -0.370 e. The van der Waals surface area contributed by atoms with Crippen molar-refractivity contribution in [1.29, 1.82) is 0 Å². The number of nitrogens with zero attached hydrogens (tertiary/aromatic N) is 2. The van der Waals surface area contributed by atoms with Crippen molar-refractivity contribution in [3.63, 3.8) is 0 Å². The lowest BCUT2D eigenvalue weighted by atomic mass is 10.2. The van der Waals surface area contributed by atoms with Crippen molar-refractivity contribution < 1.29 is 0 Å². The van der Waals surface area contributed by atoms with Crippen molar-refractivity contribution in [2.45, 2.75) is 32.1 Å². The maximum atomic E-state index is 4.33. The molecular weight excluding hydrogens is 230 g/mol. The van der Waals surface area contributed by atoms with Crippen molar-refractivity contribution >= 4 is 23.3 Å². The maximum Gasteiger partial charge on any atom is 0.127 e. The molecular formula is C13H21N3S. The van der Waals surface area contributed by atoms with Crippen LogP contribution in [-0.2, 0) is 0 Å². The molecule has 1 aromatic heterocycles. The van der Waals surface area contributed by atoms with Crippen LogP contribution in [0.1, 0.15) is 20.8 Å². The van der Waals surface area contributed by atoms with E-state index >= 15 is 0 Å². The van der Waals surface area contributed by atoms with Crippen LogP contribution in [0.25, 0.3) is 0 Å². The van der Waals surface area contributed by atoms with Crippen molar-refractivity contribution in [2.24, 2.45) is 0 Å². The van der Waals surface area contributed by atoms with Gasteiger partial charge < -0.3 is 10.2 Å². The number of nitrogens with one attached hydrogen (secondary N) is 1. The van der Waals surface area contributed by atoms with E-state index < -0.39 is 0 Å².